The summed E-state index contributed by atoms with van der Waals surface area (Å²) in [5.74, 6) is 0. The Morgan fingerprint density at radius 3 is 2.50 bits per heavy atom. The molecule has 12 heavy (non-hydrogen) atoms. The summed E-state index contributed by atoms with van der Waals surface area (Å²) in [6.07, 6.45) is 1.18. The Morgan fingerprint density at radius 2 is 2.00 bits per heavy atom. The van der Waals surface area contributed by atoms with E-state index < -0.39 is 0 Å². The SMILES string of the molecule is Cc1ccc(C(=S)CC=O)cc1. The second-order valence-corrected chi connectivity index (χ2v) is 3.15. The van der Waals surface area contributed by atoms with Crippen LogP contribution in [0, 0.1) is 6.92 Å². The number of aryl methyl sites for hydroxylation is 1. The summed E-state index contributed by atoms with van der Waals surface area (Å²) >= 11 is 5.03. The summed E-state index contributed by atoms with van der Waals surface area (Å²) in [4.78, 5) is 10.9. The van der Waals surface area contributed by atoms with Crippen molar-refractivity contribution >= 4 is 23.4 Å². The van der Waals surface area contributed by atoms with Crippen molar-refractivity contribution in [1.29, 1.82) is 0 Å². The van der Waals surface area contributed by atoms with Crippen molar-refractivity contribution < 1.29 is 4.79 Å². The van der Waals surface area contributed by atoms with Crippen LogP contribution in [0.2, 0.25) is 0 Å². The highest BCUT2D eigenvalue weighted by molar-refractivity contribution is 7.80. The minimum Gasteiger partial charge on any atom is -0.303 e. The summed E-state index contributed by atoms with van der Waals surface area (Å²) < 4.78 is 0. The standard InChI is InChI=1S/C10H10OS/c1-8-2-4-9(5-3-8)10(12)6-7-11/h2-5,7H,6H2,1H3. The first-order chi connectivity index (χ1) is 5.74. The molecule has 2 heteroatoms. The van der Waals surface area contributed by atoms with Gasteiger partial charge in [-0.2, -0.15) is 0 Å². The number of aldehydes is 1. The molecule has 0 amide bonds. The number of carbonyl (C=O) groups is 1. The van der Waals surface area contributed by atoms with Gasteiger partial charge in [0.2, 0.25) is 0 Å². The maximum atomic E-state index is 10.2. The van der Waals surface area contributed by atoms with Crippen LogP contribution in [-0.2, 0) is 4.79 Å². The molecule has 0 radical (unpaired) electrons. The van der Waals surface area contributed by atoms with Crippen LogP contribution >= 0.6 is 12.2 Å². The van der Waals surface area contributed by atoms with Crippen LogP contribution in [0.4, 0.5) is 0 Å². The monoisotopic (exact) mass is 178 g/mol. The van der Waals surface area contributed by atoms with Gasteiger partial charge in [0.15, 0.2) is 0 Å². The average Bonchev–Trinajstić information content (AvgIpc) is 2.06. The van der Waals surface area contributed by atoms with Crippen LogP contribution in [0.5, 0.6) is 0 Å². The van der Waals surface area contributed by atoms with Gasteiger partial charge in [-0.25, -0.2) is 0 Å². The summed E-state index contributed by atoms with van der Waals surface area (Å²) in [5, 5.41) is 0. The molecule has 0 aromatic heterocycles. The third-order valence-electron chi connectivity index (χ3n) is 1.64. The number of carbonyl (C=O) groups excluding carboxylic acids is 1. The van der Waals surface area contributed by atoms with E-state index in [0.29, 0.717) is 11.3 Å². The van der Waals surface area contributed by atoms with Gasteiger partial charge in [0.25, 0.3) is 0 Å². The average molecular weight is 178 g/mol. The third kappa shape index (κ3) is 2.24. The van der Waals surface area contributed by atoms with Crippen molar-refractivity contribution in [3.8, 4) is 0 Å². The molecule has 1 rings (SSSR count). The zero-order chi connectivity index (χ0) is 8.97. The first-order valence-electron chi connectivity index (χ1n) is 3.77. The molecule has 0 unspecified atom stereocenters. The Labute approximate surface area is 77.4 Å². The fourth-order valence-electron chi connectivity index (χ4n) is 0.933. The summed E-state index contributed by atoms with van der Waals surface area (Å²) in [5.41, 5.74) is 2.18. The lowest BCUT2D eigenvalue weighted by atomic mass is 10.1. The van der Waals surface area contributed by atoms with Gasteiger partial charge in [0.05, 0.1) is 0 Å². The van der Waals surface area contributed by atoms with Crippen LogP contribution in [0.3, 0.4) is 0 Å². The topological polar surface area (TPSA) is 17.1 Å². The van der Waals surface area contributed by atoms with Gasteiger partial charge >= 0.3 is 0 Å². The van der Waals surface area contributed by atoms with Crippen molar-refractivity contribution in [3.05, 3.63) is 35.4 Å². The van der Waals surface area contributed by atoms with Gasteiger partial charge in [0, 0.05) is 11.3 Å². The fourth-order valence-corrected chi connectivity index (χ4v) is 1.14. The molecule has 0 N–H and O–H groups in total. The van der Waals surface area contributed by atoms with E-state index in [1.54, 1.807) is 0 Å². The molecule has 0 fully saturated rings. The molecule has 0 aliphatic heterocycles. The van der Waals surface area contributed by atoms with Crippen LogP contribution in [0.15, 0.2) is 24.3 Å². The van der Waals surface area contributed by atoms with Crippen molar-refractivity contribution in [2.45, 2.75) is 13.3 Å². The Hall–Kier alpha value is -1.02. The minimum absolute atomic E-state index is 0.346. The number of benzene rings is 1. The molecule has 1 aromatic rings. The molecule has 1 aromatic carbocycles. The summed E-state index contributed by atoms with van der Waals surface area (Å²) in [6, 6.07) is 7.88. The lowest BCUT2D eigenvalue weighted by Gasteiger charge is -1.99. The zero-order valence-electron chi connectivity index (χ0n) is 6.91. The van der Waals surface area contributed by atoms with Crippen LogP contribution < -0.4 is 0 Å². The van der Waals surface area contributed by atoms with Gasteiger partial charge in [-0.3, -0.25) is 0 Å². The Balaban J connectivity index is 2.82. The second kappa shape index (κ2) is 4.12. The Morgan fingerprint density at radius 1 is 1.42 bits per heavy atom. The zero-order valence-corrected chi connectivity index (χ0v) is 7.73. The van der Waals surface area contributed by atoms with E-state index in [1.165, 1.54) is 5.56 Å². The smallest absolute Gasteiger partial charge is 0.125 e. The Kier molecular flexibility index (Phi) is 3.11. The van der Waals surface area contributed by atoms with Gasteiger partial charge in [-0.1, -0.05) is 42.0 Å². The first kappa shape index (κ1) is 9.07. The predicted molar refractivity (Wildman–Crippen MR) is 53.6 cm³/mol. The third-order valence-corrected chi connectivity index (χ3v) is 2.04. The molecule has 0 aliphatic rings. The van der Waals surface area contributed by atoms with Crippen molar-refractivity contribution in [1.82, 2.24) is 0 Å². The maximum Gasteiger partial charge on any atom is 0.125 e. The van der Waals surface area contributed by atoms with E-state index in [-0.39, 0.29) is 0 Å². The molecular weight excluding hydrogens is 168 g/mol. The lowest BCUT2D eigenvalue weighted by molar-refractivity contribution is -0.106. The quantitative estimate of drug-likeness (QED) is 0.401. The molecule has 0 spiro atoms. The number of rotatable bonds is 3. The second-order valence-electron chi connectivity index (χ2n) is 2.66. The van der Waals surface area contributed by atoms with Gasteiger partial charge in [-0.05, 0) is 12.5 Å². The molecule has 0 atom stereocenters. The van der Waals surface area contributed by atoms with E-state index in [9.17, 15) is 4.79 Å². The molecular formula is C10H10OS. The van der Waals surface area contributed by atoms with Crippen LogP contribution in [0.1, 0.15) is 17.5 Å². The molecule has 0 saturated carbocycles. The van der Waals surface area contributed by atoms with Crippen molar-refractivity contribution in [2.24, 2.45) is 0 Å². The molecule has 1 nitrogen and oxygen atoms in total. The molecule has 0 heterocycles. The van der Waals surface area contributed by atoms with Crippen LogP contribution in [0.25, 0.3) is 0 Å². The lowest BCUT2D eigenvalue weighted by Crippen LogP contribution is -1.97. The van der Waals surface area contributed by atoms with E-state index in [0.717, 1.165) is 11.8 Å². The van der Waals surface area contributed by atoms with Crippen molar-refractivity contribution in [2.75, 3.05) is 0 Å². The highest BCUT2D eigenvalue weighted by atomic mass is 32.1. The molecule has 62 valence electrons. The molecule has 0 saturated heterocycles. The minimum atomic E-state index is 0.346. The predicted octanol–water partition coefficient (Wildman–Crippen LogP) is 2.30. The van der Waals surface area contributed by atoms with E-state index in [1.807, 2.05) is 31.2 Å². The summed E-state index contributed by atoms with van der Waals surface area (Å²) in [7, 11) is 0. The van der Waals surface area contributed by atoms with E-state index in [2.05, 4.69) is 0 Å². The largest absolute Gasteiger partial charge is 0.303 e. The van der Waals surface area contributed by atoms with Gasteiger partial charge in [0.1, 0.15) is 6.29 Å². The van der Waals surface area contributed by atoms with Gasteiger partial charge in [-0.15, -0.1) is 0 Å². The highest BCUT2D eigenvalue weighted by Gasteiger charge is 1.98. The molecule has 0 aliphatic carbocycles. The number of hydrogen-bond acceptors (Lipinski definition) is 2. The number of thiocarbonyl (C=S) groups is 1. The maximum absolute atomic E-state index is 10.2. The summed E-state index contributed by atoms with van der Waals surface area (Å²) in [6.45, 7) is 2.02. The van der Waals surface area contributed by atoms with E-state index >= 15 is 0 Å². The normalized spacial score (nSPS) is 9.42. The van der Waals surface area contributed by atoms with Crippen LogP contribution in [-0.4, -0.2) is 11.2 Å². The fraction of sp³-hybridized carbons (Fsp3) is 0.200. The van der Waals surface area contributed by atoms with E-state index in [4.69, 9.17) is 12.2 Å². The number of hydrogen-bond donors (Lipinski definition) is 0. The highest BCUT2D eigenvalue weighted by Crippen LogP contribution is 2.06. The van der Waals surface area contributed by atoms with Crippen molar-refractivity contribution in [3.63, 3.8) is 0 Å². The first-order valence-corrected chi connectivity index (χ1v) is 4.18. The Bertz CT molecular complexity index is 287. The van der Waals surface area contributed by atoms with Gasteiger partial charge < -0.3 is 4.79 Å². The molecule has 0 bridgehead atoms.